The zero-order chi connectivity index (χ0) is 15.4. The van der Waals surface area contributed by atoms with Gasteiger partial charge < -0.3 is 15.3 Å². The number of amides is 2. The molecule has 0 aromatic heterocycles. The molecule has 0 heterocycles. The normalized spacial score (nSPS) is 13.8. The van der Waals surface area contributed by atoms with Crippen LogP contribution in [0.2, 0.25) is 0 Å². The van der Waals surface area contributed by atoms with E-state index >= 15 is 0 Å². The molecule has 0 unspecified atom stereocenters. The highest BCUT2D eigenvalue weighted by atomic mass is 79.9. The van der Waals surface area contributed by atoms with Crippen LogP contribution in [0.1, 0.15) is 43.0 Å². The molecule has 1 aliphatic rings. The van der Waals surface area contributed by atoms with E-state index < -0.39 is 5.97 Å². The molecule has 5 nitrogen and oxygen atoms in total. The maximum Gasteiger partial charge on any atom is 0.336 e. The van der Waals surface area contributed by atoms with Crippen LogP contribution < -0.4 is 5.32 Å². The van der Waals surface area contributed by atoms with Gasteiger partial charge in [-0.2, -0.15) is 0 Å². The van der Waals surface area contributed by atoms with Gasteiger partial charge in [-0.05, 0) is 53.4 Å². The average molecular weight is 355 g/mol. The molecule has 2 amide bonds. The molecule has 1 saturated carbocycles. The summed E-state index contributed by atoms with van der Waals surface area (Å²) in [7, 11) is 0. The lowest BCUT2D eigenvalue weighted by Gasteiger charge is -2.22. The van der Waals surface area contributed by atoms with Crippen molar-refractivity contribution >= 4 is 33.6 Å². The zero-order valence-corrected chi connectivity index (χ0v) is 13.5. The van der Waals surface area contributed by atoms with Gasteiger partial charge in [0, 0.05) is 22.7 Å². The van der Waals surface area contributed by atoms with Crippen molar-refractivity contribution in [3.05, 3.63) is 28.2 Å². The van der Waals surface area contributed by atoms with Gasteiger partial charge in [0.2, 0.25) is 0 Å². The molecule has 0 saturated heterocycles. The van der Waals surface area contributed by atoms with E-state index in [4.69, 9.17) is 5.11 Å². The second kappa shape index (κ2) is 6.93. The van der Waals surface area contributed by atoms with Crippen molar-refractivity contribution in [3.63, 3.8) is 0 Å². The van der Waals surface area contributed by atoms with Crippen LogP contribution in [0.25, 0.3) is 0 Å². The van der Waals surface area contributed by atoms with Crippen LogP contribution in [-0.4, -0.2) is 34.6 Å². The lowest BCUT2D eigenvalue weighted by atomic mass is 10.2. The number of anilines is 1. The molecule has 1 fully saturated rings. The maximum atomic E-state index is 12.3. The van der Waals surface area contributed by atoms with Gasteiger partial charge in [0.1, 0.15) is 0 Å². The Bertz CT molecular complexity index is 544. The highest BCUT2D eigenvalue weighted by Gasteiger charge is 2.32. The SMILES string of the molecule is CCCCN(C(=O)Nc1ccc(Br)c(C(=O)O)c1)C1CC1. The second-order valence-corrected chi connectivity index (χ2v) is 6.06. The third kappa shape index (κ3) is 4.20. The average Bonchev–Trinajstić information content (AvgIpc) is 3.25. The van der Waals surface area contributed by atoms with Gasteiger partial charge in [0.15, 0.2) is 0 Å². The number of aromatic carboxylic acids is 1. The number of benzene rings is 1. The van der Waals surface area contributed by atoms with Crippen LogP contribution in [0.4, 0.5) is 10.5 Å². The number of nitrogens with zero attached hydrogens (tertiary/aromatic N) is 1. The van der Waals surface area contributed by atoms with Gasteiger partial charge >= 0.3 is 12.0 Å². The molecule has 6 heteroatoms. The number of rotatable bonds is 6. The molecule has 1 aromatic carbocycles. The summed E-state index contributed by atoms with van der Waals surface area (Å²) in [5, 5.41) is 11.9. The van der Waals surface area contributed by atoms with Gasteiger partial charge in [-0.15, -0.1) is 0 Å². The fraction of sp³-hybridized carbons (Fsp3) is 0.467. The molecule has 0 atom stereocenters. The first-order valence-electron chi connectivity index (χ1n) is 7.13. The van der Waals surface area contributed by atoms with Crippen LogP contribution in [0.3, 0.4) is 0 Å². The minimum atomic E-state index is -1.02. The van der Waals surface area contributed by atoms with Crippen molar-refractivity contribution in [2.75, 3.05) is 11.9 Å². The molecule has 2 rings (SSSR count). The van der Waals surface area contributed by atoms with E-state index in [-0.39, 0.29) is 11.6 Å². The van der Waals surface area contributed by atoms with Crippen molar-refractivity contribution < 1.29 is 14.7 Å². The summed E-state index contributed by atoms with van der Waals surface area (Å²) in [5.41, 5.74) is 0.641. The summed E-state index contributed by atoms with van der Waals surface area (Å²) >= 11 is 3.19. The number of halogens is 1. The topological polar surface area (TPSA) is 69.6 Å². The Kier molecular flexibility index (Phi) is 5.22. The van der Waals surface area contributed by atoms with E-state index in [1.807, 2.05) is 4.90 Å². The summed E-state index contributed by atoms with van der Waals surface area (Å²) < 4.78 is 0.498. The molecule has 114 valence electrons. The quantitative estimate of drug-likeness (QED) is 0.812. The largest absolute Gasteiger partial charge is 0.478 e. The van der Waals surface area contributed by atoms with Crippen molar-refractivity contribution in [2.45, 2.75) is 38.6 Å². The summed E-state index contributed by atoms with van der Waals surface area (Å²) in [4.78, 5) is 25.3. The first kappa shape index (κ1) is 15.8. The predicted octanol–water partition coefficient (Wildman–Crippen LogP) is 3.94. The van der Waals surface area contributed by atoms with Gasteiger partial charge in [0.25, 0.3) is 0 Å². The number of carboxylic acids is 1. The number of unbranched alkanes of at least 4 members (excludes halogenated alkanes) is 1. The molecule has 21 heavy (non-hydrogen) atoms. The van der Waals surface area contributed by atoms with E-state index in [0.717, 1.165) is 32.2 Å². The van der Waals surface area contributed by atoms with Crippen molar-refractivity contribution in [1.82, 2.24) is 4.90 Å². The van der Waals surface area contributed by atoms with Crippen LogP contribution >= 0.6 is 15.9 Å². The highest BCUT2D eigenvalue weighted by molar-refractivity contribution is 9.10. The number of carbonyl (C=O) groups excluding carboxylic acids is 1. The second-order valence-electron chi connectivity index (χ2n) is 5.21. The van der Waals surface area contributed by atoms with Crippen molar-refractivity contribution in [2.24, 2.45) is 0 Å². The Morgan fingerprint density at radius 3 is 2.71 bits per heavy atom. The van der Waals surface area contributed by atoms with Crippen LogP contribution in [0.5, 0.6) is 0 Å². The molecule has 2 N–H and O–H groups in total. The minimum absolute atomic E-state index is 0.138. The van der Waals surface area contributed by atoms with Crippen LogP contribution in [0, 0.1) is 0 Å². The van der Waals surface area contributed by atoms with E-state index in [1.54, 1.807) is 12.1 Å². The molecule has 0 aliphatic heterocycles. The van der Waals surface area contributed by atoms with E-state index in [0.29, 0.717) is 16.2 Å². The summed E-state index contributed by atoms with van der Waals surface area (Å²) in [6, 6.07) is 4.98. The maximum absolute atomic E-state index is 12.3. The molecular formula is C15H19BrN2O3. The number of hydrogen-bond acceptors (Lipinski definition) is 2. The minimum Gasteiger partial charge on any atom is -0.478 e. The third-order valence-corrected chi connectivity index (χ3v) is 4.14. The Labute approximate surface area is 132 Å². The molecule has 0 bridgehead atoms. The molecule has 1 aliphatic carbocycles. The molecule has 0 spiro atoms. The number of carboxylic acid groups (broad SMARTS) is 1. The highest BCUT2D eigenvalue weighted by Crippen LogP contribution is 2.28. The first-order valence-corrected chi connectivity index (χ1v) is 7.92. The van der Waals surface area contributed by atoms with E-state index in [9.17, 15) is 9.59 Å². The Balaban J connectivity index is 2.07. The smallest absolute Gasteiger partial charge is 0.336 e. The molecular weight excluding hydrogens is 336 g/mol. The Morgan fingerprint density at radius 2 is 2.14 bits per heavy atom. The monoisotopic (exact) mass is 354 g/mol. The van der Waals surface area contributed by atoms with Gasteiger partial charge in [0.05, 0.1) is 5.56 Å². The number of nitrogens with one attached hydrogen (secondary N) is 1. The third-order valence-electron chi connectivity index (χ3n) is 3.45. The number of hydrogen-bond donors (Lipinski definition) is 2. The molecule has 0 radical (unpaired) electrons. The first-order chi connectivity index (χ1) is 10.0. The van der Waals surface area contributed by atoms with E-state index in [2.05, 4.69) is 28.2 Å². The standard InChI is InChI=1S/C15H19BrN2O3/c1-2-3-8-18(11-5-6-11)15(21)17-10-4-7-13(16)12(9-10)14(19)20/h4,7,9,11H,2-3,5-6,8H2,1H3,(H,17,21)(H,19,20). The fourth-order valence-electron chi connectivity index (χ4n) is 2.13. The Morgan fingerprint density at radius 1 is 1.43 bits per heavy atom. The summed E-state index contributed by atoms with van der Waals surface area (Å²) in [6.45, 7) is 2.84. The van der Waals surface area contributed by atoms with Gasteiger partial charge in [-0.1, -0.05) is 13.3 Å². The molecule has 1 aromatic rings. The summed E-state index contributed by atoms with van der Waals surface area (Å²) in [6.07, 6.45) is 4.12. The zero-order valence-electron chi connectivity index (χ0n) is 11.9. The summed E-state index contributed by atoms with van der Waals surface area (Å²) in [5.74, 6) is -1.02. The van der Waals surface area contributed by atoms with Crippen molar-refractivity contribution in [3.8, 4) is 0 Å². The van der Waals surface area contributed by atoms with Crippen molar-refractivity contribution in [1.29, 1.82) is 0 Å². The van der Waals surface area contributed by atoms with Gasteiger partial charge in [-0.25, -0.2) is 9.59 Å². The predicted molar refractivity (Wildman–Crippen MR) is 84.8 cm³/mol. The fourth-order valence-corrected chi connectivity index (χ4v) is 2.54. The van der Waals surface area contributed by atoms with Crippen LogP contribution in [0.15, 0.2) is 22.7 Å². The Hall–Kier alpha value is -1.56. The van der Waals surface area contributed by atoms with Gasteiger partial charge in [-0.3, -0.25) is 0 Å². The lowest BCUT2D eigenvalue weighted by Crippen LogP contribution is -2.37. The number of carbonyl (C=O) groups is 2. The van der Waals surface area contributed by atoms with E-state index in [1.165, 1.54) is 6.07 Å². The number of urea groups is 1. The van der Waals surface area contributed by atoms with Crippen LogP contribution in [-0.2, 0) is 0 Å². The lowest BCUT2D eigenvalue weighted by molar-refractivity contribution is 0.0696.